The summed E-state index contributed by atoms with van der Waals surface area (Å²) < 4.78 is 38.5. The van der Waals surface area contributed by atoms with Gasteiger partial charge in [-0.1, -0.05) is 0 Å². The molecule has 4 aromatic rings. The van der Waals surface area contributed by atoms with Gasteiger partial charge in [0.25, 0.3) is 5.91 Å². The van der Waals surface area contributed by atoms with Crippen molar-refractivity contribution in [3.05, 3.63) is 65.4 Å². The van der Waals surface area contributed by atoms with E-state index in [-0.39, 0.29) is 11.3 Å². The zero-order valence-electron chi connectivity index (χ0n) is 21.6. The minimum absolute atomic E-state index is 0.105. The van der Waals surface area contributed by atoms with Crippen molar-refractivity contribution in [2.24, 2.45) is 0 Å². The molecule has 0 radical (unpaired) electrons. The number of aryl methyl sites for hydroxylation is 2. The van der Waals surface area contributed by atoms with Gasteiger partial charge in [0.2, 0.25) is 5.95 Å². The number of halogens is 2. The summed E-state index contributed by atoms with van der Waals surface area (Å²) >= 11 is 0. The van der Waals surface area contributed by atoms with E-state index in [1.54, 1.807) is 27.7 Å². The first-order valence-electron chi connectivity index (χ1n) is 12.2. The van der Waals surface area contributed by atoms with Crippen LogP contribution in [0.3, 0.4) is 0 Å². The zero-order valence-corrected chi connectivity index (χ0v) is 21.6. The van der Waals surface area contributed by atoms with Gasteiger partial charge in [-0.25, -0.2) is 14.1 Å². The SMILES string of the molecule is Cc1cn2cc(-c3cc(C(=O)Nc4cnn(C(C)(C)C)c4F)c(F)cc3C)cc(N3CCOCC3)c2n1. The van der Waals surface area contributed by atoms with E-state index in [0.29, 0.717) is 24.3 Å². The average molecular weight is 509 g/mol. The van der Waals surface area contributed by atoms with Gasteiger partial charge in [-0.05, 0) is 63.9 Å². The fraction of sp³-hybridized carbons (Fsp3) is 0.370. The highest BCUT2D eigenvalue weighted by molar-refractivity contribution is 6.05. The fourth-order valence-electron chi connectivity index (χ4n) is 4.62. The van der Waals surface area contributed by atoms with E-state index in [1.807, 2.05) is 29.8 Å². The smallest absolute Gasteiger partial charge is 0.258 e. The number of hydrogen-bond acceptors (Lipinski definition) is 5. The highest BCUT2D eigenvalue weighted by atomic mass is 19.1. The second-order valence-electron chi connectivity index (χ2n) is 10.4. The molecule has 5 rings (SSSR count). The number of benzene rings is 1. The van der Waals surface area contributed by atoms with Crippen LogP contribution < -0.4 is 10.2 Å². The first-order chi connectivity index (χ1) is 17.5. The van der Waals surface area contributed by atoms with E-state index < -0.39 is 23.2 Å². The van der Waals surface area contributed by atoms with Crippen LogP contribution in [0.4, 0.5) is 20.2 Å². The van der Waals surface area contributed by atoms with E-state index in [2.05, 4.69) is 15.3 Å². The van der Waals surface area contributed by atoms with Gasteiger partial charge >= 0.3 is 0 Å². The molecule has 1 aliphatic rings. The Morgan fingerprint density at radius 1 is 1.08 bits per heavy atom. The van der Waals surface area contributed by atoms with Gasteiger partial charge < -0.3 is 19.4 Å². The lowest BCUT2D eigenvalue weighted by atomic mass is 9.98. The summed E-state index contributed by atoms with van der Waals surface area (Å²) in [5.74, 6) is -2.13. The van der Waals surface area contributed by atoms with Gasteiger partial charge in [-0.15, -0.1) is 0 Å². The maximum atomic E-state index is 15.0. The Balaban J connectivity index is 1.55. The zero-order chi connectivity index (χ0) is 26.5. The van der Waals surface area contributed by atoms with Crippen molar-refractivity contribution in [3.63, 3.8) is 0 Å². The van der Waals surface area contributed by atoms with Crippen LogP contribution in [0, 0.1) is 25.6 Å². The maximum Gasteiger partial charge on any atom is 0.258 e. The predicted octanol–water partition coefficient (Wildman–Crippen LogP) is 4.94. The normalized spacial score (nSPS) is 14.4. The molecule has 1 fully saturated rings. The average Bonchev–Trinajstić information content (AvgIpc) is 3.40. The number of carbonyl (C=O) groups excluding carboxylic acids is 1. The Hall–Kier alpha value is -3.79. The van der Waals surface area contributed by atoms with Gasteiger partial charge in [0.1, 0.15) is 11.5 Å². The maximum absolute atomic E-state index is 15.0. The molecule has 0 aliphatic carbocycles. The number of nitrogens with zero attached hydrogens (tertiary/aromatic N) is 5. The van der Waals surface area contributed by atoms with E-state index >= 15 is 4.39 Å². The molecule has 1 saturated heterocycles. The van der Waals surface area contributed by atoms with E-state index in [9.17, 15) is 9.18 Å². The number of amides is 1. The van der Waals surface area contributed by atoms with E-state index in [4.69, 9.17) is 9.72 Å². The lowest BCUT2D eigenvalue weighted by Gasteiger charge is -2.29. The summed E-state index contributed by atoms with van der Waals surface area (Å²) in [6, 6.07) is 4.86. The molecule has 8 nitrogen and oxygen atoms in total. The minimum atomic E-state index is -0.751. The largest absolute Gasteiger partial charge is 0.378 e. The molecular weight excluding hydrogens is 478 g/mol. The topological polar surface area (TPSA) is 76.7 Å². The molecule has 194 valence electrons. The Kier molecular flexibility index (Phi) is 6.23. The number of nitrogens with one attached hydrogen (secondary N) is 1. The molecular formula is C27H30F2N6O2. The van der Waals surface area contributed by atoms with E-state index in [0.717, 1.165) is 35.7 Å². The number of rotatable bonds is 4. The number of aromatic nitrogens is 4. The molecule has 37 heavy (non-hydrogen) atoms. The molecule has 0 saturated carbocycles. The van der Waals surface area contributed by atoms with Gasteiger partial charge in [-0.3, -0.25) is 4.79 Å². The highest BCUT2D eigenvalue weighted by Gasteiger charge is 2.24. The summed E-state index contributed by atoms with van der Waals surface area (Å²) in [5.41, 5.74) is 3.92. The van der Waals surface area contributed by atoms with Crippen molar-refractivity contribution in [3.8, 4) is 11.1 Å². The summed E-state index contributed by atoms with van der Waals surface area (Å²) in [4.78, 5) is 20.0. The van der Waals surface area contributed by atoms with Crippen molar-refractivity contribution in [2.45, 2.75) is 40.2 Å². The Morgan fingerprint density at radius 2 is 1.81 bits per heavy atom. The van der Waals surface area contributed by atoms with Crippen molar-refractivity contribution >= 4 is 22.9 Å². The second-order valence-corrected chi connectivity index (χ2v) is 10.4. The van der Waals surface area contributed by atoms with Crippen molar-refractivity contribution in [1.29, 1.82) is 0 Å². The molecule has 1 N–H and O–H groups in total. The second kappa shape index (κ2) is 9.26. The van der Waals surface area contributed by atoms with Crippen LogP contribution in [-0.2, 0) is 10.3 Å². The monoisotopic (exact) mass is 508 g/mol. The molecule has 10 heteroatoms. The number of morpholine rings is 1. The van der Waals surface area contributed by atoms with Crippen LogP contribution in [0.2, 0.25) is 0 Å². The first kappa shape index (κ1) is 24.9. The molecule has 0 spiro atoms. The molecule has 3 aromatic heterocycles. The molecule has 0 bridgehead atoms. The van der Waals surface area contributed by atoms with Crippen LogP contribution in [0.5, 0.6) is 0 Å². The third-order valence-electron chi connectivity index (χ3n) is 6.47. The molecule has 0 unspecified atom stereocenters. The van der Waals surface area contributed by atoms with Crippen LogP contribution in [-0.4, -0.2) is 51.4 Å². The van der Waals surface area contributed by atoms with Gasteiger partial charge in [0.05, 0.1) is 41.9 Å². The first-order valence-corrected chi connectivity index (χ1v) is 12.2. The summed E-state index contributed by atoms with van der Waals surface area (Å²) in [5, 5.41) is 6.51. The van der Waals surface area contributed by atoms with E-state index in [1.165, 1.54) is 23.0 Å². The number of fused-ring (bicyclic) bond motifs is 1. The third-order valence-corrected chi connectivity index (χ3v) is 6.47. The predicted molar refractivity (Wildman–Crippen MR) is 138 cm³/mol. The van der Waals surface area contributed by atoms with Crippen LogP contribution >= 0.6 is 0 Å². The van der Waals surface area contributed by atoms with Crippen LogP contribution in [0.25, 0.3) is 16.8 Å². The number of anilines is 2. The van der Waals surface area contributed by atoms with Crippen LogP contribution in [0.15, 0.2) is 36.8 Å². The highest BCUT2D eigenvalue weighted by Crippen LogP contribution is 2.33. The Bertz CT molecular complexity index is 1500. The number of carbonyl (C=O) groups is 1. The number of hydrogen-bond donors (Lipinski definition) is 1. The minimum Gasteiger partial charge on any atom is -0.378 e. The van der Waals surface area contributed by atoms with Crippen molar-refractivity contribution < 1.29 is 18.3 Å². The number of ether oxygens (including phenoxy) is 1. The molecule has 1 aliphatic heterocycles. The summed E-state index contributed by atoms with van der Waals surface area (Å²) in [6.07, 6.45) is 5.09. The molecule has 0 atom stereocenters. The van der Waals surface area contributed by atoms with Crippen molar-refractivity contribution in [1.82, 2.24) is 19.2 Å². The summed E-state index contributed by atoms with van der Waals surface area (Å²) in [7, 11) is 0. The standard InChI is InChI=1S/C27H30F2N6O2/c1-16-10-21(28)20(26(36)32-22-13-30-35(24(22)29)27(3,4)5)12-19(16)18-11-23(33-6-8-37-9-7-33)25-31-17(2)14-34(25)15-18/h10-15H,6-9H2,1-5H3,(H,32,36). The Morgan fingerprint density at radius 3 is 2.49 bits per heavy atom. The molecule has 4 heterocycles. The molecule has 1 aromatic carbocycles. The van der Waals surface area contributed by atoms with Crippen molar-refractivity contribution in [2.75, 3.05) is 36.5 Å². The van der Waals surface area contributed by atoms with Gasteiger partial charge in [0, 0.05) is 31.0 Å². The molecule has 1 amide bonds. The third kappa shape index (κ3) is 4.69. The number of imidazole rings is 1. The van der Waals surface area contributed by atoms with Gasteiger partial charge in [-0.2, -0.15) is 9.49 Å². The Labute approximate surface area is 213 Å². The quantitative estimate of drug-likeness (QED) is 0.423. The lowest BCUT2D eigenvalue weighted by molar-refractivity contribution is 0.102. The summed E-state index contributed by atoms with van der Waals surface area (Å²) in [6.45, 7) is 11.8. The lowest BCUT2D eigenvalue weighted by Crippen LogP contribution is -2.36. The number of pyridine rings is 1. The van der Waals surface area contributed by atoms with Crippen LogP contribution in [0.1, 0.15) is 42.4 Å². The fourth-order valence-corrected chi connectivity index (χ4v) is 4.62. The van der Waals surface area contributed by atoms with Gasteiger partial charge in [0.15, 0.2) is 5.65 Å².